The van der Waals surface area contributed by atoms with Gasteiger partial charge in [0.1, 0.15) is 5.76 Å². The number of carbonyl (C=O) groups is 1. The maximum atomic E-state index is 13.4. The van der Waals surface area contributed by atoms with Gasteiger partial charge in [0.15, 0.2) is 0 Å². The van der Waals surface area contributed by atoms with Crippen molar-refractivity contribution >= 4 is 15.9 Å². The SMILES string of the molecule is O=C(c1cccc(S(=O)(=O)N2CCCCC2)c1)N(Cc1ccccc1)Cc1ccco1. The molecule has 0 radical (unpaired) electrons. The lowest BCUT2D eigenvalue weighted by Gasteiger charge is -2.26. The summed E-state index contributed by atoms with van der Waals surface area (Å²) in [5, 5.41) is 0. The van der Waals surface area contributed by atoms with Crippen LogP contribution >= 0.6 is 0 Å². The monoisotopic (exact) mass is 438 g/mol. The zero-order valence-electron chi connectivity index (χ0n) is 17.3. The molecule has 1 amide bonds. The van der Waals surface area contributed by atoms with Crippen LogP contribution in [0, 0.1) is 0 Å². The van der Waals surface area contributed by atoms with Gasteiger partial charge in [0.05, 0.1) is 17.7 Å². The molecule has 0 spiro atoms. The number of benzene rings is 2. The van der Waals surface area contributed by atoms with E-state index in [1.54, 1.807) is 35.4 Å². The first-order valence-electron chi connectivity index (χ1n) is 10.5. The standard InChI is InChI=1S/C24H26N2O4S/c27-24(25(19-22-12-8-16-30-22)18-20-9-3-1-4-10-20)21-11-7-13-23(17-21)31(28,29)26-14-5-2-6-15-26/h1,3-4,7-13,16-17H,2,5-6,14-15,18-19H2. The molecule has 3 aromatic rings. The highest BCUT2D eigenvalue weighted by molar-refractivity contribution is 7.89. The van der Waals surface area contributed by atoms with Crippen LogP contribution in [0.5, 0.6) is 0 Å². The zero-order chi connectivity index (χ0) is 21.7. The molecule has 0 atom stereocenters. The van der Waals surface area contributed by atoms with Gasteiger partial charge in [-0.05, 0) is 48.7 Å². The van der Waals surface area contributed by atoms with Gasteiger partial charge in [-0.2, -0.15) is 4.31 Å². The summed E-state index contributed by atoms with van der Waals surface area (Å²) >= 11 is 0. The summed E-state index contributed by atoms with van der Waals surface area (Å²) < 4.78 is 33.1. The van der Waals surface area contributed by atoms with Crippen LogP contribution in [0.1, 0.15) is 40.9 Å². The number of amides is 1. The zero-order valence-corrected chi connectivity index (χ0v) is 18.1. The van der Waals surface area contributed by atoms with Gasteiger partial charge in [0.2, 0.25) is 10.0 Å². The molecular weight excluding hydrogens is 412 g/mol. The number of hydrogen-bond donors (Lipinski definition) is 0. The second-order valence-electron chi connectivity index (χ2n) is 7.72. The molecule has 0 bridgehead atoms. The Bertz CT molecular complexity index is 1110. The summed E-state index contributed by atoms with van der Waals surface area (Å²) in [7, 11) is -3.61. The van der Waals surface area contributed by atoms with E-state index in [4.69, 9.17) is 4.42 Å². The van der Waals surface area contributed by atoms with Crippen LogP contribution in [0.25, 0.3) is 0 Å². The third-order valence-corrected chi connectivity index (χ3v) is 7.36. The van der Waals surface area contributed by atoms with Gasteiger partial charge in [-0.3, -0.25) is 4.79 Å². The van der Waals surface area contributed by atoms with Crippen LogP contribution < -0.4 is 0 Å². The molecule has 31 heavy (non-hydrogen) atoms. The fraction of sp³-hybridized carbons (Fsp3) is 0.292. The number of piperidine rings is 1. The average Bonchev–Trinajstić information content (AvgIpc) is 3.33. The van der Waals surface area contributed by atoms with Crippen molar-refractivity contribution < 1.29 is 17.6 Å². The van der Waals surface area contributed by atoms with Crippen molar-refractivity contribution in [3.8, 4) is 0 Å². The summed E-state index contributed by atoms with van der Waals surface area (Å²) in [4.78, 5) is 15.2. The third-order valence-electron chi connectivity index (χ3n) is 5.46. The average molecular weight is 439 g/mol. The molecule has 4 rings (SSSR count). The molecule has 1 aliphatic rings. The molecule has 1 aliphatic heterocycles. The highest BCUT2D eigenvalue weighted by atomic mass is 32.2. The minimum atomic E-state index is -3.61. The maximum Gasteiger partial charge on any atom is 0.254 e. The lowest BCUT2D eigenvalue weighted by Crippen LogP contribution is -2.36. The summed E-state index contributed by atoms with van der Waals surface area (Å²) in [5.41, 5.74) is 1.33. The van der Waals surface area contributed by atoms with Gasteiger partial charge >= 0.3 is 0 Å². The molecule has 6 nitrogen and oxygen atoms in total. The van der Waals surface area contributed by atoms with Crippen molar-refractivity contribution in [2.75, 3.05) is 13.1 Å². The Kier molecular flexibility index (Phi) is 6.53. The first-order valence-corrected chi connectivity index (χ1v) is 11.9. The number of rotatable bonds is 7. The molecule has 1 aromatic heterocycles. The lowest BCUT2D eigenvalue weighted by molar-refractivity contribution is 0.0717. The van der Waals surface area contributed by atoms with Gasteiger partial charge < -0.3 is 9.32 Å². The third kappa shape index (κ3) is 5.06. The number of hydrogen-bond acceptors (Lipinski definition) is 4. The van der Waals surface area contributed by atoms with E-state index < -0.39 is 10.0 Å². The lowest BCUT2D eigenvalue weighted by atomic mass is 10.1. The van der Waals surface area contributed by atoms with E-state index in [9.17, 15) is 13.2 Å². The normalized spacial score (nSPS) is 15.0. The predicted molar refractivity (Wildman–Crippen MR) is 118 cm³/mol. The fourth-order valence-electron chi connectivity index (χ4n) is 3.82. The Hall–Kier alpha value is -2.90. The summed E-state index contributed by atoms with van der Waals surface area (Å²) in [6.07, 6.45) is 4.36. The second-order valence-corrected chi connectivity index (χ2v) is 9.66. The predicted octanol–water partition coefficient (Wildman–Crippen LogP) is 4.30. The Morgan fingerprint density at radius 1 is 0.903 bits per heavy atom. The Morgan fingerprint density at radius 3 is 2.39 bits per heavy atom. The van der Waals surface area contributed by atoms with E-state index in [1.807, 2.05) is 36.4 Å². The van der Waals surface area contributed by atoms with Gasteiger partial charge in [0, 0.05) is 25.2 Å². The van der Waals surface area contributed by atoms with Gasteiger partial charge in [-0.25, -0.2) is 8.42 Å². The van der Waals surface area contributed by atoms with E-state index in [1.165, 1.54) is 10.4 Å². The number of sulfonamides is 1. The summed E-state index contributed by atoms with van der Waals surface area (Å²) in [6.45, 7) is 1.74. The molecule has 1 saturated heterocycles. The van der Waals surface area contributed by atoms with Crippen LogP contribution in [0.4, 0.5) is 0 Å². The van der Waals surface area contributed by atoms with Crippen molar-refractivity contribution in [3.05, 3.63) is 89.9 Å². The summed E-state index contributed by atoms with van der Waals surface area (Å²) in [6, 6.07) is 19.7. The molecule has 1 fully saturated rings. The first kappa shape index (κ1) is 21.3. The van der Waals surface area contributed by atoms with E-state index in [2.05, 4.69) is 0 Å². The Morgan fingerprint density at radius 2 is 1.68 bits per heavy atom. The summed E-state index contributed by atoms with van der Waals surface area (Å²) in [5.74, 6) is 0.428. The quantitative estimate of drug-likeness (QED) is 0.552. The highest BCUT2D eigenvalue weighted by Crippen LogP contribution is 2.23. The number of carbonyl (C=O) groups excluding carboxylic acids is 1. The van der Waals surface area contributed by atoms with Gasteiger partial charge in [0.25, 0.3) is 5.91 Å². The van der Waals surface area contributed by atoms with E-state index >= 15 is 0 Å². The second kappa shape index (κ2) is 9.49. The van der Waals surface area contributed by atoms with Crippen LogP contribution in [0.3, 0.4) is 0 Å². The number of furan rings is 1. The van der Waals surface area contributed by atoms with Crippen LogP contribution in [0.15, 0.2) is 82.3 Å². The molecule has 2 aromatic carbocycles. The molecule has 162 valence electrons. The highest BCUT2D eigenvalue weighted by Gasteiger charge is 2.27. The van der Waals surface area contributed by atoms with Crippen molar-refractivity contribution in [2.24, 2.45) is 0 Å². The molecule has 0 N–H and O–H groups in total. The van der Waals surface area contributed by atoms with Gasteiger partial charge in [-0.15, -0.1) is 0 Å². The van der Waals surface area contributed by atoms with Crippen molar-refractivity contribution in [1.29, 1.82) is 0 Å². The van der Waals surface area contributed by atoms with E-state index in [0.717, 1.165) is 24.8 Å². The van der Waals surface area contributed by atoms with Crippen molar-refractivity contribution in [3.63, 3.8) is 0 Å². The Balaban J connectivity index is 1.61. The minimum absolute atomic E-state index is 0.165. The van der Waals surface area contributed by atoms with E-state index in [0.29, 0.717) is 37.5 Å². The van der Waals surface area contributed by atoms with Crippen molar-refractivity contribution in [2.45, 2.75) is 37.2 Å². The smallest absolute Gasteiger partial charge is 0.254 e. The first-order chi connectivity index (χ1) is 15.0. The topological polar surface area (TPSA) is 70.8 Å². The minimum Gasteiger partial charge on any atom is -0.467 e. The molecule has 7 heteroatoms. The fourth-order valence-corrected chi connectivity index (χ4v) is 5.38. The maximum absolute atomic E-state index is 13.4. The van der Waals surface area contributed by atoms with Crippen LogP contribution in [0.2, 0.25) is 0 Å². The van der Waals surface area contributed by atoms with E-state index in [-0.39, 0.29) is 10.8 Å². The molecule has 2 heterocycles. The van der Waals surface area contributed by atoms with Gasteiger partial charge in [-0.1, -0.05) is 42.8 Å². The molecule has 0 saturated carbocycles. The molecule has 0 unspecified atom stereocenters. The number of nitrogens with zero attached hydrogens (tertiary/aromatic N) is 2. The molecular formula is C24H26N2O4S. The van der Waals surface area contributed by atoms with Crippen LogP contribution in [-0.4, -0.2) is 36.6 Å². The van der Waals surface area contributed by atoms with Crippen LogP contribution in [-0.2, 0) is 23.1 Å². The Labute approximate surface area is 183 Å². The molecule has 0 aliphatic carbocycles. The largest absolute Gasteiger partial charge is 0.467 e. The van der Waals surface area contributed by atoms with Crippen molar-refractivity contribution in [1.82, 2.24) is 9.21 Å².